The Hall–Kier alpha value is -1.56. The van der Waals surface area contributed by atoms with Crippen LogP contribution in [-0.4, -0.2) is 52.3 Å². The molecule has 1 aromatic heterocycles. The number of hydrogen-bond donors (Lipinski definition) is 1. The van der Waals surface area contributed by atoms with Crippen LogP contribution in [0, 0.1) is 0 Å². The van der Waals surface area contributed by atoms with Crippen LogP contribution < -0.4 is 5.32 Å². The topological polar surface area (TPSA) is 59.4 Å². The monoisotopic (exact) mass is 324 g/mol. The van der Waals surface area contributed by atoms with Gasteiger partial charge in [0.2, 0.25) is 0 Å². The second-order valence-corrected chi connectivity index (χ2v) is 6.69. The van der Waals surface area contributed by atoms with Gasteiger partial charge in [0.1, 0.15) is 5.60 Å². The van der Waals surface area contributed by atoms with Crippen molar-refractivity contribution in [1.29, 1.82) is 0 Å². The third-order valence-electron chi connectivity index (χ3n) is 3.49. The third-order valence-corrected chi connectivity index (χ3v) is 3.49. The maximum Gasteiger partial charge on any atom is 0.407 e. The minimum Gasteiger partial charge on any atom is -0.444 e. The van der Waals surface area contributed by atoms with Crippen molar-refractivity contribution in [2.75, 3.05) is 26.2 Å². The molecule has 0 aliphatic heterocycles. The van der Waals surface area contributed by atoms with E-state index >= 15 is 0 Å². The van der Waals surface area contributed by atoms with E-state index in [9.17, 15) is 4.79 Å². The van der Waals surface area contributed by atoms with Crippen LogP contribution in [0.5, 0.6) is 0 Å². The Kier molecular flexibility index (Phi) is 8.09. The number of amides is 1. The minimum absolute atomic E-state index is 0.372. The van der Waals surface area contributed by atoms with Gasteiger partial charge in [-0.1, -0.05) is 13.8 Å². The fraction of sp³-hybridized carbons (Fsp3) is 0.765. The van der Waals surface area contributed by atoms with Crippen LogP contribution in [0.25, 0.3) is 0 Å². The lowest BCUT2D eigenvalue weighted by Crippen LogP contribution is -2.34. The SMILES string of the molecule is CCCN(CC)CCn1cncc1CCNC(=O)OC(C)(C)C. The molecule has 0 spiro atoms. The summed E-state index contributed by atoms with van der Waals surface area (Å²) in [6.45, 7) is 14.7. The molecule has 1 N–H and O–H groups in total. The highest BCUT2D eigenvalue weighted by molar-refractivity contribution is 5.67. The van der Waals surface area contributed by atoms with Crippen molar-refractivity contribution in [3.8, 4) is 0 Å². The Morgan fingerprint density at radius 2 is 2.09 bits per heavy atom. The van der Waals surface area contributed by atoms with Crippen molar-refractivity contribution in [3.05, 3.63) is 18.2 Å². The van der Waals surface area contributed by atoms with E-state index in [1.165, 1.54) is 6.42 Å². The van der Waals surface area contributed by atoms with E-state index in [1.807, 2.05) is 33.3 Å². The number of carbonyl (C=O) groups excluding carboxylic acids is 1. The fourth-order valence-corrected chi connectivity index (χ4v) is 2.36. The van der Waals surface area contributed by atoms with Crippen LogP contribution >= 0.6 is 0 Å². The van der Waals surface area contributed by atoms with Gasteiger partial charge in [0.05, 0.1) is 6.33 Å². The van der Waals surface area contributed by atoms with E-state index in [0.717, 1.165) is 38.3 Å². The standard InChI is InChI=1S/C17H32N4O2/c1-6-10-20(7-2)11-12-21-14-18-13-15(21)8-9-19-16(22)23-17(3,4)5/h13-14H,6-12H2,1-5H3,(H,19,22). The van der Waals surface area contributed by atoms with Gasteiger partial charge in [-0.15, -0.1) is 0 Å². The number of likely N-dealkylation sites (N-methyl/N-ethyl adjacent to an activating group) is 1. The van der Waals surface area contributed by atoms with Crippen molar-refractivity contribution >= 4 is 6.09 Å². The number of rotatable bonds is 9. The van der Waals surface area contributed by atoms with E-state index in [0.29, 0.717) is 6.54 Å². The minimum atomic E-state index is -0.464. The van der Waals surface area contributed by atoms with E-state index in [1.54, 1.807) is 0 Å². The molecule has 0 saturated carbocycles. The summed E-state index contributed by atoms with van der Waals surface area (Å²) >= 11 is 0. The van der Waals surface area contributed by atoms with Gasteiger partial charge in [-0.25, -0.2) is 9.78 Å². The first-order chi connectivity index (χ1) is 10.9. The molecule has 1 heterocycles. The predicted octanol–water partition coefficient (Wildman–Crippen LogP) is 2.68. The van der Waals surface area contributed by atoms with Crippen LogP contribution in [0.3, 0.4) is 0 Å². The molecule has 0 atom stereocenters. The summed E-state index contributed by atoms with van der Waals surface area (Å²) in [5, 5.41) is 2.79. The number of hydrogen-bond acceptors (Lipinski definition) is 4. The van der Waals surface area contributed by atoms with Gasteiger partial charge in [0.15, 0.2) is 0 Å². The summed E-state index contributed by atoms with van der Waals surface area (Å²) in [6.07, 6.45) is 5.28. The summed E-state index contributed by atoms with van der Waals surface area (Å²) in [6, 6.07) is 0. The molecule has 0 radical (unpaired) electrons. The number of nitrogens with zero attached hydrogens (tertiary/aromatic N) is 3. The normalized spacial score (nSPS) is 11.7. The molecule has 1 amide bonds. The lowest BCUT2D eigenvalue weighted by molar-refractivity contribution is 0.0528. The number of carbonyl (C=O) groups is 1. The maximum atomic E-state index is 11.6. The Morgan fingerprint density at radius 1 is 1.35 bits per heavy atom. The van der Waals surface area contributed by atoms with Gasteiger partial charge in [-0.3, -0.25) is 0 Å². The van der Waals surface area contributed by atoms with Crippen molar-refractivity contribution < 1.29 is 9.53 Å². The van der Waals surface area contributed by atoms with Crippen LogP contribution in [-0.2, 0) is 17.7 Å². The van der Waals surface area contributed by atoms with Gasteiger partial charge < -0.3 is 19.5 Å². The zero-order valence-corrected chi connectivity index (χ0v) is 15.3. The molecule has 0 saturated heterocycles. The molecule has 6 heteroatoms. The van der Waals surface area contributed by atoms with Gasteiger partial charge in [0.25, 0.3) is 0 Å². The third kappa shape index (κ3) is 8.02. The first-order valence-electron chi connectivity index (χ1n) is 8.54. The molecule has 0 fully saturated rings. The van der Waals surface area contributed by atoms with Crippen molar-refractivity contribution in [3.63, 3.8) is 0 Å². The number of alkyl carbamates (subject to hydrolysis) is 1. The predicted molar refractivity (Wildman–Crippen MR) is 92.6 cm³/mol. The Labute approximate surface area is 140 Å². The van der Waals surface area contributed by atoms with Crippen molar-refractivity contribution in [1.82, 2.24) is 19.8 Å². The summed E-state index contributed by atoms with van der Waals surface area (Å²) in [5.41, 5.74) is 0.669. The zero-order chi connectivity index (χ0) is 17.3. The second kappa shape index (κ2) is 9.55. The largest absolute Gasteiger partial charge is 0.444 e. The van der Waals surface area contributed by atoms with Gasteiger partial charge in [-0.05, 0) is 40.3 Å². The molecule has 0 aliphatic rings. The molecule has 0 aliphatic carbocycles. The Morgan fingerprint density at radius 3 is 2.70 bits per heavy atom. The van der Waals surface area contributed by atoms with Crippen LogP contribution in [0.1, 0.15) is 46.7 Å². The number of ether oxygens (including phenoxy) is 1. The summed E-state index contributed by atoms with van der Waals surface area (Å²) in [5.74, 6) is 0. The van der Waals surface area contributed by atoms with Crippen molar-refractivity contribution in [2.45, 2.75) is 59.6 Å². The first-order valence-corrected chi connectivity index (χ1v) is 8.54. The van der Waals surface area contributed by atoms with Gasteiger partial charge in [0, 0.05) is 37.9 Å². The molecule has 132 valence electrons. The van der Waals surface area contributed by atoms with Crippen LogP contribution in [0.2, 0.25) is 0 Å². The first kappa shape index (κ1) is 19.5. The lowest BCUT2D eigenvalue weighted by Gasteiger charge is -2.21. The molecule has 0 unspecified atom stereocenters. The number of imidazole rings is 1. The molecular formula is C17H32N4O2. The molecular weight excluding hydrogens is 292 g/mol. The highest BCUT2D eigenvalue weighted by atomic mass is 16.6. The smallest absolute Gasteiger partial charge is 0.407 e. The van der Waals surface area contributed by atoms with E-state index < -0.39 is 5.60 Å². The maximum absolute atomic E-state index is 11.6. The van der Waals surface area contributed by atoms with E-state index in [-0.39, 0.29) is 6.09 Å². The summed E-state index contributed by atoms with van der Waals surface area (Å²) in [4.78, 5) is 18.3. The fourth-order valence-electron chi connectivity index (χ4n) is 2.36. The molecule has 6 nitrogen and oxygen atoms in total. The van der Waals surface area contributed by atoms with E-state index in [2.05, 4.69) is 33.6 Å². The summed E-state index contributed by atoms with van der Waals surface area (Å²) < 4.78 is 7.39. The zero-order valence-electron chi connectivity index (χ0n) is 15.3. The molecule has 1 aromatic rings. The number of nitrogens with one attached hydrogen (secondary N) is 1. The lowest BCUT2D eigenvalue weighted by atomic mass is 10.2. The van der Waals surface area contributed by atoms with Gasteiger partial charge >= 0.3 is 6.09 Å². The van der Waals surface area contributed by atoms with Crippen LogP contribution in [0.4, 0.5) is 4.79 Å². The van der Waals surface area contributed by atoms with E-state index in [4.69, 9.17) is 4.74 Å². The highest BCUT2D eigenvalue weighted by Crippen LogP contribution is 2.06. The quantitative estimate of drug-likeness (QED) is 0.759. The average molecular weight is 324 g/mol. The second-order valence-electron chi connectivity index (χ2n) is 6.69. The summed E-state index contributed by atoms with van der Waals surface area (Å²) in [7, 11) is 0. The molecule has 23 heavy (non-hydrogen) atoms. The van der Waals surface area contributed by atoms with Crippen LogP contribution in [0.15, 0.2) is 12.5 Å². The average Bonchev–Trinajstić information content (AvgIpc) is 2.89. The molecule has 1 rings (SSSR count). The van der Waals surface area contributed by atoms with Crippen molar-refractivity contribution in [2.24, 2.45) is 0 Å². The Bertz CT molecular complexity index is 465. The number of aromatic nitrogens is 2. The molecule has 0 bridgehead atoms. The highest BCUT2D eigenvalue weighted by Gasteiger charge is 2.15. The van der Waals surface area contributed by atoms with Gasteiger partial charge in [-0.2, -0.15) is 0 Å². The Balaban J connectivity index is 2.39. The molecule has 0 aromatic carbocycles.